The minimum absolute atomic E-state index is 0.119. The number of aliphatic carboxylic acids is 2. The van der Waals surface area contributed by atoms with Crippen LogP contribution in [0.3, 0.4) is 0 Å². The first kappa shape index (κ1) is 23.2. The lowest BCUT2D eigenvalue weighted by Crippen LogP contribution is -2.44. The Morgan fingerprint density at radius 1 is 1.14 bits per heavy atom. The van der Waals surface area contributed by atoms with E-state index in [9.17, 15) is 24.6 Å². The summed E-state index contributed by atoms with van der Waals surface area (Å²) in [7, 11) is 0. The molecule has 0 aliphatic rings. The van der Waals surface area contributed by atoms with E-state index in [2.05, 4.69) is 5.32 Å². The largest absolute Gasteiger partial charge is 0.480 e. The number of nitrogens with one attached hydrogen (secondary N) is 1. The maximum absolute atomic E-state index is 11.8. The maximum Gasteiger partial charge on any atom is 0.408 e. The van der Waals surface area contributed by atoms with Crippen LogP contribution in [-0.2, 0) is 25.7 Å². The highest BCUT2D eigenvalue weighted by Gasteiger charge is 2.26. The van der Waals surface area contributed by atoms with Gasteiger partial charge in [-0.3, -0.25) is 0 Å². The average molecular weight is 393 g/mol. The van der Waals surface area contributed by atoms with E-state index in [0.717, 1.165) is 5.56 Å². The molecule has 0 aliphatic heterocycles. The Hall–Kier alpha value is -2.87. The van der Waals surface area contributed by atoms with Crippen LogP contribution in [0.15, 0.2) is 42.0 Å². The highest BCUT2D eigenvalue weighted by atomic mass is 16.6. The van der Waals surface area contributed by atoms with Crippen molar-refractivity contribution in [2.75, 3.05) is 6.61 Å². The van der Waals surface area contributed by atoms with Crippen molar-refractivity contribution in [3.05, 3.63) is 47.5 Å². The minimum Gasteiger partial charge on any atom is -0.480 e. The zero-order chi connectivity index (χ0) is 21.2. The van der Waals surface area contributed by atoms with Gasteiger partial charge in [-0.25, -0.2) is 14.4 Å². The number of benzene rings is 1. The molecule has 1 rings (SSSR count). The Bertz CT molecular complexity index is 692. The molecule has 0 saturated heterocycles. The minimum atomic E-state index is -1.41. The summed E-state index contributed by atoms with van der Waals surface area (Å²) in [6, 6.07) is 8.10. The average Bonchev–Trinajstić information content (AvgIpc) is 2.58. The molecule has 3 N–H and O–H groups in total. The van der Waals surface area contributed by atoms with Crippen molar-refractivity contribution in [3.63, 3.8) is 0 Å². The van der Waals surface area contributed by atoms with Crippen LogP contribution in [0.2, 0.25) is 0 Å². The van der Waals surface area contributed by atoms with Crippen molar-refractivity contribution in [2.24, 2.45) is 0 Å². The topological polar surface area (TPSA) is 122 Å². The van der Waals surface area contributed by atoms with Crippen molar-refractivity contribution in [1.29, 1.82) is 0 Å². The van der Waals surface area contributed by atoms with E-state index in [0.29, 0.717) is 13.0 Å². The summed E-state index contributed by atoms with van der Waals surface area (Å²) in [5.41, 5.74) is 0.0820. The van der Waals surface area contributed by atoms with Gasteiger partial charge >= 0.3 is 18.0 Å². The molecule has 8 heteroatoms. The predicted molar refractivity (Wildman–Crippen MR) is 102 cm³/mol. The molecule has 8 nitrogen and oxygen atoms in total. The molecular weight excluding hydrogens is 366 g/mol. The van der Waals surface area contributed by atoms with Crippen molar-refractivity contribution in [1.82, 2.24) is 5.32 Å². The third-order valence-electron chi connectivity index (χ3n) is 3.45. The van der Waals surface area contributed by atoms with E-state index in [4.69, 9.17) is 9.47 Å². The Labute approximate surface area is 164 Å². The van der Waals surface area contributed by atoms with Crippen LogP contribution in [0.25, 0.3) is 0 Å². The molecular formula is C20H27NO7. The van der Waals surface area contributed by atoms with Gasteiger partial charge in [-0.1, -0.05) is 36.4 Å². The summed E-state index contributed by atoms with van der Waals surface area (Å²) in [4.78, 5) is 34.6. The highest BCUT2D eigenvalue weighted by Crippen LogP contribution is 2.11. The fraction of sp³-hybridized carbons (Fsp3) is 0.450. The second kappa shape index (κ2) is 11.1. The van der Waals surface area contributed by atoms with Gasteiger partial charge in [0, 0.05) is 12.0 Å². The molecule has 154 valence electrons. The van der Waals surface area contributed by atoms with Crippen LogP contribution in [0, 0.1) is 0 Å². The van der Waals surface area contributed by atoms with Gasteiger partial charge in [-0.05, 0) is 32.8 Å². The van der Waals surface area contributed by atoms with Gasteiger partial charge < -0.3 is 25.0 Å². The fourth-order valence-electron chi connectivity index (χ4n) is 2.21. The normalized spacial score (nSPS) is 12.9. The summed E-state index contributed by atoms with van der Waals surface area (Å²) >= 11 is 0. The molecule has 0 fully saturated rings. The number of hydrogen-bond donors (Lipinski definition) is 3. The lowest BCUT2D eigenvalue weighted by molar-refractivity contribution is -0.139. The Morgan fingerprint density at radius 3 is 2.32 bits per heavy atom. The van der Waals surface area contributed by atoms with Gasteiger partial charge in [0.2, 0.25) is 0 Å². The summed E-state index contributed by atoms with van der Waals surface area (Å²) in [6.45, 7) is 5.60. The monoisotopic (exact) mass is 393 g/mol. The zero-order valence-electron chi connectivity index (χ0n) is 16.3. The molecule has 1 aromatic carbocycles. The van der Waals surface area contributed by atoms with Crippen molar-refractivity contribution in [2.45, 2.75) is 51.9 Å². The lowest BCUT2D eigenvalue weighted by atomic mass is 10.1. The number of carbonyl (C=O) groups is 3. The molecule has 0 radical (unpaired) electrons. The number of amides is 1. The Morgan fingerprint density at radius 2 is 1.79 bits per heavy atom. The number of alkyl carbamates (subject to hydrolysis) is 1. The number of rotatable bonds is 10. The van der Waals surface area contributed by atoms with Gasteiger partial charge in [0.25, 0.3) is 0 Å². The van der Waals surface area contributed by atoms with Crippen LogP contribution in [0.1, 0.15) is 39.2 Å². The molecule has 0 aliphatic carbocycles. The molecule has 1 amide bonds. The van der Waals surface area contributed by atoms with Crippen LogP contribution in [-0.4, -0.2) is 46.5 Å². The molecule has 0 aromatic heterocycles. The predicted octanol–water partition coefficient (Wildman–Crippen LogP) is 2.97. The van der Waals surface area contributed by atoms with E-state index >= 15 is 0 Å². The standard InChI is InChI=1S/C20H27NO7/c1-20(2,3)28-19(26)21-16(18(24)25)12-15(17(22)23)10-7-11-27-13-14-8-5-4-6-9-14/h4-6,8-10,16H,7,11-13H2,1-3H3,(H,21,26)(H,22,23)(H,24,25). The number of carboxylic acids is 2. The summed E-state index contributed by atoms with van der Waals surface area (Å²) in [6.07, 6.45) is 0.409. The molecule has 1 atom stereocenters. The highest BCUT2D eigenvalue weighted by molar-refractivity contribution is 5.89. The summed E-state index contributed by atoms with van der Waals surface area (Å²) in [5, 5.41) is 20.8. The van der Waals surface area contributed by atoms with E-state index < -0.39 is 29.7 Å². The van der Waals surface area contributed by atoms with E-state index in [1.165, 1.54) is 6.08 Å². The van der Waals surface area contributed by atoms with Crippen molar-refractivity contribution in [3.8, 4) is 0 Å². The first-order chi connectivity index (χ1) is 13.1. The second-order valence-electron chi connectivity index (χ2n) is 7.10. The molecule has 0 heterocycles. The fourth-order valence-corrected chi connectivity index (χ4v) is 2.21. The van der Waals surface area contributed by atoms with E-state index in [1.807, 2.05) is 30.3 Å². The number of ether oxygens (including phenoxy) is 2. The summed E-state index contributed by atoms with van der Waals surface area (Å²) < 4.78 is 10.5. The lowest BCUT2D eigenvalue weighted by Gasteiger charge is -2.22. The third-order valence-corrected chi connectivity index (χ3v) is 3.45. The molecule has 1 aromatic rings. The van der Waals surface area contributed by atoms with Gasteiger partial charge in [-0.15, -0.1) is 0 Å². The quantitative estimate of drug-likeness (QED) is 0.412. The van der Waals surface area contributed by atoms with Gasteiger partial charge in [0.05, 0.1) is 13.2 Å². The van der Waals surface area contributed by atoms with E-state index in [-0.39, 0.29) is 18.6 Å². The molecule has 1 unspecified atom stereocenters. The maximum atomic E-state index is 11.8. The van der Waals surface area contributed by atoms with Crippen molar-refractivity contribution < 1.29 is 34.1 Å². The molecule has 0 bridgehead atoms. The smallest absolute Gasteiger partial charge is 0.408 e. The Kier molecular flexibility index (Phi) is 9.17. The SMILES string of the molecule is CC(C)(C)OC(=O)NC(CC(=CCCOCc1ccccc1)C(=O)O)C(=O)O. The van der Waals surface area contributed by atoms with Gasteiger partial charge in [0.1, 0.15) is 11.6 Å². The van der Waals surface area contributed by atoms with Crippen LogP contribution in [0.5, 0.6) is 0 Å². The van der Waals surface area contributed by atoms with Gasteiger partial charge in [0.15, 0.2) is 0 Å². The van der Waals surface area contributed by atoms with Crippen molar-refractivity contribution >= 4 is 18.0 Å². The van der Waals surface area contributed by atoms with E-state index in [1.54, 1.807) is 20.8 Å². The number of carbonyl (C=O) groups excluding carboxylic acids is 1. The first-order valence-electron chi connectivity index (χ1n) is 8.85. The molecule has 28 heavy (non-hydrogen) atoms. The van der Waals surface area contributed by atoms with Gasteiger partial charge in [-0.2, -0.15) is 0 Å². The third kappa shape index (κ3) is 9.72. The summed E-state index contributed by atoms with van der Waals surface area (Å²) in [5.74, 6) is -2.60. The zero-order valence-corrected chi connectivity index (χ0v) is 16.3. The number of carboxylic acid groups (broad SMARTS) is 2. The van der Waals surface area contributed by atoms with Crippen LogP contribution < -0.4 is 5.32 Å². The number of hydrogen-bond acceptors (Lipinski definition) is 5. The first-order valence-corrected chi connectivity index (χ1v) is 8.85. The molecule has 0 saturated carbocycles. The van der Waals surface area contributed by atoms with Crippen LogP contribution >= 0.6 is 0 Å². The van der Waals surface area contributed by atoms with Crippen LogP contribution in [0.4, 0.5) is 4.79 Å². The molecule has 0 spiro atoms. The second-order valence-corrected chi connectivity index (χ2v) is 7.10. The Balaban J connectivity index is 2.59.